The molecule has 0 radical (unpaired) electrons. The van der Waals surface area contributed by atoms with Crippen LogP contribution in [0.2, 0.25) is 0 Å². The fourth-order valence-corrected chi connectivity index (χ4v) is 2.41. The minimum Gasteiger partial charge on any atom is -0.482 e. The van der Waals surface area contributed by atoms with Crippen LogP contribution in [0.3, 0.4) is 0 Å². The molecule has 126 valence electrons. The number of urea groups is 1. The second kappa shape index (κ2) is 7.82. The van der Waals surface area contributed by atoms with E-state index in [4.69, 9.17) is 9.47 Å². The number of morpholine rings is 1. The van der Waals surface area contributed by atoms with Crippen LogP contribution in [0.4, 0.5) is 10.5 Å². The molecule has 1 aromatic carbocycles. The summed E-state index contributed by atoms with van der Waals surface area (Å²) in [6.45, 7) is 4.81. The van der Waals surface area contributed by atoms with Crippen LogP contribution in [0.5, 0.6) is 5.75 Å². The topological polar surface area (TPSA) is 77.1 Å². The maximum absolute atomic E-state index is 12.3. The summed E-state index contributed by atoms with van der Waals surface area (Å²) in [4.78, 5) is 25.1. The van der Waals surface area contributed by atoms with Crippen LogP contribution in [-0.4, -0.2) is 55.9 Å². The van der Waals surface area contributed by atoms with Gasteiger partial charge in [-0.05, 0) is 26.0 Å². The number of rotatable bonds is 4. The fraction of sp³-hybridized carbons (Fsp3) is 0.500. The predicted octanol–water partition coefficient (Wildman–Crippen LogP) is 1.88. The third-order valence-corrected chi connectivity index (χ3v) is 3.38. The van der Waals surface area contributed by atoms with Crippen molar-refractivity contribution in [3.63, 3.8) is 0 Å². The molecule has 2 unspecified atom stereocenters. The largest absolute Gasteiger partial charge is 0.482 e. The van der Waals surface area contributed by atoms with Crippen molar-refractivity contribution in [3.05, 3.63) is 24.3 Å². The van der Waals surface area contributed by atoms with Gasteiger partial charge in [0.25, 0.3) is 0 Å². The van der Waals surface area contributed by atoms with E-state index in [1.807, 2.05) is 13.8 Å². The highest BCUT2D eigenvalue weighted by Gasteiger charge is 2.25. The van der Waals surface area contributed by atoms with Crippen molar-refractivity contribution in [1.82, 2.24) is 4.90 Å². The maximum Gasteiger partial charge on any atom is 0.343 e. The summed E-state index contributed by atoms with van der Waals surface area (Å²) in [7, 11) is 1.30. The van der Waals surface area contributed by atoms with Crippen LogP contribution in [0.25, 0.3) is 0 Å². The number of anilines is 1. The lowest BCUT2D eigenvalue weighted by Crippen LogP contribution is -2.49. The van der Waals surface area contributed by atoms with Crippen molar-refractivity contribution in [2.75, 3.05) is 32.1 Å². The lowest BCUT2D eigenvalue weighted by Gasteiger charge is -2.35. The standard InChI is InChI=1S/C16H22N2O5/c1-11-8-18(9-12(2)23-11)16(20)17-13-5-4-6-14(7-13)22-10-15(19)21-3/h4-7,11-12H,8-10H2,1-3H3,(H,17,20). The molecule has 0 bridgehead atoms. The normalized spacial score (nSPS) is 20.7. The first-order chi connectivity index (χ1) is 11.0. The van der Waals surface area contributed by atoms with Gasteiger partial charge < -0.3 is 24.4 Å². The molecule has 0 aromatic heterocycles. The number of nitrogens with one attached hydrogen (secondary N) is 1. The number of carbonyl (C=O) groups is 2. The van der Waals surface area contributed by atoms with Gasteiger partial charge in [0.05, 0.1) is 19.3 Å². The van der Waals surface area contributed by atoms with Crippen molar-refractivity contribution in [3.8, 4) is 5.75 Å². The van der Waals surface area contributed by atoms with Crippen molar-refractivity contribution >= 4 is 17.7 Å². The number of nitrogens with zero attached hydrogens (tertiary/aromatic N) is 1. The van der Waals surface area contributed by atoms with E-state index < -0.39 is 5.97 Å². The van der Waals surface area contributed by atoms with Crippen LogP contribution in [0.15, 0.2) is 24.3 Å². The highest BCUT2D eigenvalue weighted by Crippen LogP contribution is 2.19. The molecule has 1 saturated heterocycles. The van der Waals surface area contributed by atoms with Gasteiger partial charge in [0.15, 0.2) is 6.61 Å². The van der Waals surface area contributed by atoms with Crippen molar-refractivity contribution in [2.24, 2.45) is 0 Å². The third kappa shape index (κ3) is 5.14. The number of hydrogen-bond acceptors (Lipinski definition) is 5. The molecule has 1 aromatic rings. The summed E-state index contributed by atoms with van der Waals surface area (Å²) < 4.78 is 15.4. The minimum absolute atomic E-state index is 0.0132. The molecule has 2 rings (SSSR count). The van der Waals surface area contributed by atoms with Gasteiger partial charge in [0.2, 0.25) is 0 Å². The van der Waals surface area contributed by atoms with Crippen molar-refractivity contribution in [1.29, 1.82) is 0 Å². The van der Waals surface area contributed by atoms with Crippen LogP contribution in [-0.2, 0) is 14.3 Å². The molecular weight excluding hydrogens is 300 g/mol. The average molecular weight is 322 g/mol. The number of benzene rings is 1. The van der Waals surface area contributed by atoms with E-state index in [1.54, 1.807) is 29.2 Å². The molecule has 1 aliphatic rings. The van der Waals surface area contributed by atoms with Gasteiger partial charge in [0, 0.05) is 24.8 Å². The van der Waals surface area contributed by atoms with E-state index in [0.717, 1.165) is 0 Å². The first-order valence-corrected chi connectivity index (χ1v) is 7.49. The number of esters is 1. The lowest BCUT2D eigenvalue weighted by atomic mass is 10.2. The van der Waals surface area contributed by atoms with Gasteiger partial charge in [-0.1, -0.05) is 6.07 Å². The molecule has 0 aliphatic carbocycles. The summed E-state index contributed by atoms with van der Waals surface area (Å²) in [5.74, 6) is 0.0210. The van der Waals surface area contributed by atoms with E-state index in [0.29, 0.717) is 24.5 Å². The zero-order valence-electron chi connectivity index (χ0n) is 13.6. The Morgan fingerprint density at radius 1 is 1.30 bits per heavy atom. The predicted molar refractivity (Wildman–Crippen MR) is 84.6 cm³/mol. The van der Waals surface area contributed by atoms with Gasteiger partial charge in [-0.15, -0.1) is 0 Å². The molecule has 7 nitrogen and oxygen atoms in total. The Morgan fingerprint density at radius 2 is 2.00 bits per heavy atom. The zero-order valence-corrected chi connectivity index (χ0v) is 13.6. The number of methoxy groups -OCH3 is 1. The fourth-order valence-electron chi connectivity index (χ4n) is 2.41. The van der Waals surface area contributed by atoms with E-state index in [9.17, 15) is 9.59 Å². The first-order valence-electron chi connectivity index (χ1n) is 7.49. The van der Waals surface area contributed by atoms with Crippen LogP contribution >= 0.6 is 0 Å². The zero-order chi connectivity index (χ0) is 16.8. The number of carbonyl (C=O) groups excluding carboxylic acids is 2. The second-order valence-electron chi connectivity index (χ2n) is 5.49. The number of amides is 2. The van der Waals surface area contributed by atoms with Gasteiger partial charge in [-0.3, -0.25) is 0 Å². The van der Waals surface area contributed by atoms with Crippen LogP contribution in [0.1, 0.15) is 13.8 Å². The molecule has 0 saturated carbocycles. The van der Waals surface area contributed by atoms with E-state index in [-0.39, 0.29) is 24.8 Å². The molecule has 0 spiro atoms. The smallest absolute Gasteiger partial charge is 0.343 e. The SMILES string of the molecule is COC(=O)COc1cccc(NC(=O)N2CC(C)OC(C)C2)c1. The van der Waals surface area contributed by atoms with Gasteiger partial charge in [0.1, 0.15) is 5.75 Å². The van der Waals surface area contributed by atoms with Gasteiger partial charge in [-0.25, -0.2) is 9.59 Å². The van der Waals surface area contributed by atoms with Gasteiger partial charge >= 0.3 is 12.0 Å². The van der Waals surface area contributed by atoms with Crippen molar-refractivity contribution in [2.45, 2.75) is 26.1 Å². The maximum atomic E-state index is 12.3. The third-order valence-electron chi connectivity index (χ3n) is 3.38. The highest BCUT2D eigenvalue weighted by atomic mass is 16.6. The molecule has 2 atom stereocenters. The summed E-state index contributed by atoms with van der Waals surface area (Å²) in [6.07, 6.45) is 0.0263. The summed E-state index contributed by atoms with van der Waals surface area (Å²) in [5.41, 5.74) is 0.601. The van der Waals surface area contributed by atoms with Crippen LogP contribution < -0.4 is 10.1 Å². The quantitative estimate of drug-likeness (QED) is 0.857. The lowest BCUT2D eigenvalue weighted by molar-refractivity contribution is -0.142. The van der Waals surface area contributed by atoms with E-state index in [1.165, 1.54) is 7.11 Å². The molecule has 1 N–H and O–H groups in total. The Bertz CT molecular complexity index is 553. The molecule has 7 heteroatoms. The molecule has 1 aliphatic heterocycles. The molecular formula is C16H22N2O5. The molecule has 1 fully saturated rings. The average Bonchev–Trinajstić information content (AvgIpc) is 2.52. The Balaban J connectivity index is 1.94. The monoisotopic (exact) mass is 322 g/mol. The molecule has 1 heterocycles. The first kappa shape index (κ1) is 17.1. The van der Waals surface area contributed by atoms with E-state index in [2.05, 4.69) is 10.1 Å². The highest BCUT2D eigenvalue weighted by molar-refractivity contribution is 5.89. The van der Waals surface area contributed by atoms with E-state index >= 15 is 0 Å². The Kier molecular flexibility index (Phi) is 5.81. The van der Waals surface area contributed by atoms with Crippen molar-refractivity contribution < 1.29 is 23.8 Å². The summed E-state index contributed by atoms with van der Waals surface area (Å²) in [6, 6.07) is 6.69. The molecule has 23 heavy (non-hydrogen) atoms. The number of hydrogen-bond donors (Lipinski definition) is 1. The number of ether oxygens (including phenoxy) is 3. The Hall–Kier alpha value is -2.28. The second-order valence-corrected chi connectivity index (χ2v) is 5.49. The van der Waals surface area contributed by atoms with Crippen LogP contribution in [0, 0.1) is 0 Å². The Morgan fingerprint density at radius 3 is 2.65 bits per heavy atom. The summed E-state index contributed by atoms with van der Waals surface area (Å²) >= 11 is 0. The summed E-state index contributed by atoms with van der Waals surface area (Å²) in [5, 5.41) is 2.83. The van der Waals surface area contributed by atoms with Gasteiger partial charge in [-0.2, -0.15) is 0 Å². The Labute approximate surface area is 135 Å². The minimum atomic E-state index is -0.462. The molecule has 2 amide bonds.